The van der Waals surface area contributed by atoms with Crippen LogP contribution < -0.4 is 21.7 Å². The fourth-order valence-electron chi connectivity index (χ4n) is 2.22. The molecule has 26 heavy (non-hydrogen) atoms. The molecule has 0 saturated heterocycles. The van der Waals surface area contributed by atoms with Crippen molar-refractivity contribution in [2.24, 2.45) is 5.73 Å². The predicted octanol–water partition coefficient (Wildman–Crippen LogP) is 1.71. The molecule has 8 heteroatoms. The highest BCUT2D eigenvalue weighted by molar-refractivity contribution is 5.94. The Labute approximate surface area is 150 Å². The number of urea groups is 1. The molecule has 7 nitrogen and oxygen atoms in total. The van der Waals surface area contributed by atoms with Crippen LogP contribution in [0.3, 0.4) is 0 Å². The molecule has 2 aromatic rings. The zero-order valence-electron chi connectivity index (χ0n) is 13.9. The number of primary amides is 1. The standard InChI is InChI=1S/C18H18FN5O2/c19-15-2-1-3-16(14(15)10-20)22-8-9-23-17(25)13-6-4-12(5-7-13)11-24-18(21)26/h1-7,22H,8-9,11H2,(H,23,25)(H3,21,24,26). The Kier molecular flexibility index (Phi) is 6.51. The lowest BCUT2D eigenvalue weighted by molar-refractivity contribution is 0.0955. The number of nitrogens with one attached hydrogen (secondary N) is 3. The summed E-state index contributed by atoms with van der Waals surface area (Å²) in [5, 5.41) is 17.1. The second kappa shape index (κ2) is 9.03. The third-order valence-electron chi connectivity index (χ3n) is 3.53. The van der Waals surface area contributed by atoms with E-state index in [1.807, 2.05) is 0 Å². The number of carbonyl (C=O) groups is 2. The van der Waals surface area contributed by atoms with Crippen molar-refractivity contribution in [2.45, 2.75) is 6.54 Å². The van der Waals surface area contributed by atoms with Gasteiger partial charge in [0, 0.05) is 25.2 Å². The van der Waals surface area contributed by atoms with Crippen LogP contribution in [0.2, 0.25) is 0 Å². The van der Waals surface area contributed by atoms with Gasteiger partial charge in [0.15, 0.2) is 0 Å². The van der Waals surface area contributed by atoms with E-state index in [2.05, 4.69) is 16.0 Å². The number of benzene rings is 2. The molecule has 5 N–H and O–H groups in total. The first-order chi connectivity index (χ1) is 12.5. The highest BCUT2D eigenvalue weighted by atomic mass is 19.1. The van der Waals surface area contributed by atoms with Crippen molar-refractivity contribution in [3.63, 3.8) is 0 Å². The molecule has 3 amide bonds. The van der Waals surface area contributed by atoms with E-state index in [1.54, 1.807) is 36.4 Å². The number of carbonyl (C=O) groups excluding carboxylic acids is 2. The molecule has 0 aliphatic carbocycles. The van der Waals surface area contributed by atoms with E-state index in [0.29, 0.717) is 24.3 Å². The molecular formula is C18H18FN5O2. The molecule has 0 radical (unpaired) electrons. The summed E-state index contributed by atoms with van der Waals surface area (Å²) < 4.78 is 13.5. The molecular weight excluding hydrogens is 337 g/mol. The molecule has 0 bridgehead atoms. The summed E-state index contributed by atoms with van der Waals surface area (Å²) in [6.45, 7) is 0.922. The zero-order chi connectivity index (χ0) is 18.9. The smallest absolute Gasteiger partial charge is 0.312 e. The highest BCUT2D eigenvalue weighted by Gasteiger charge is 2.08. The molecule has 134 valence electrons. The van der Waals surface area contributed by atoms with E-state index in [4.69, 9.17) is 11.0 Å². The number of nitriles is 1. The number of nitrogens with zero attached hydrogens (tertiary/aromatic N) is 1. The van der Waals surface area contributed by atoms with Gasteiger partial charge in [-0.15, -0.1) is 0 Å². The molecule has 0 unspecified atom stereocenters. The Morgan fingerprint density at radius 3 is 2.46 bits per heavy atom. The minimum Gasteiger partial charge on any atom is -0.382 e. The van der Waals surface area contributed by atoms with E-state index >= 15 is 0 Å². The van der Waals surface area contributed by atoms with E-state index in [-0.39, 0.29) is 18.0 Å². The van der Waals surface area contributed by atoms with Gasteiger partial charge >= 0.3 is 6.03 Å². The second-order valence-electron chi connectivity index (χ2n) is 5.37. The number of rotatable bonds is 7. The van der Waals surface area contributed by atoms with Gasteiger partial charge in [-0.2, -0.15) is 5.26 Å². The number of nitrogens with two attached hydrogens (primary N) is 1. The van der Waals surface area contributed by atoms with E-state index in [1.165, 1.54) is 12.1 Å². The third-order valence-corrected chi connectivity index (χ3v) is 3.53. The van der Waals surface area contributed by atoms with Crippen molar-refractivity contribution in [2.75, 3.05) is 18.4 Å². The van der Waals surface area contributed by atoms with Gasteiger partial charge in [-0.3, -0.25) is 4.79 Å². The quantitative estimate of drug-likeness (QED) is 0.565. The lowest BCUT2D eigenvalue weighted by Gasteiger charge is -2.10. The van der Waals surface area contributed by atoms with Gasteiger partial charge in [-0.1, -0.05) is 18.2 Å². The van der Waals surface area contributed by atoms with Crippen LogP contribution in [0.4, 0.5) is 14.9 Å². The molecule has 0 saturated carbocycles. The van der Waals surface area contributed by atoms with Crippen LogP contribution in [-0.4, -0.2) is 25.0 Å². The first-order valence-corrected chi connectivity index (χ1v) is 7.84. The minimum absolute atomic E-state index is 0.0565. The summed E-state index contributed by atoms with van der Waals surface area (Å²) in [6.07, 6.45) is 0. The van der Waals surface area contributed by atoms with Crippen LogP contribution in [0, 0.1) is 17.1 Å². The molecule has 0 aromatic heterocycles. The normalized spacial score (nSPS) is 9.85. The molecule has 0 atom stereocenters. The van der Waals surface area contributed by atoms with Crippen molar-refractivity contribution < 1.29 is 14.0 Å². The van der Waals surface area contributed by atoms with E-state index in [9.17, 15) is 14.0 Å². The van der Waals surface area contributed by atoms with Crippen LogP contribution in [0.5, 0.6) is 0 Å². The summed E-state index contributed by atoms with van der Waals surface area (Å²) in [7, 11) is 0. The molecule has 0 aliphatic rings. The van der Waals surface area contributed by atoms with Gasteiger partial charge in [0.05, 0.1) is 5.69 Å². The maximum Gasteiger partial charge on any atom is 0.312 e. The van der Waals surface area contributed by atoms with Crippen molar-refractivity contribution >= 4 is 17.6 Å². The lowest BCUT2D eigenvalue weighted by Crippen LogP contribution is -2.29. The molecule has 2 rings (SSSR count). The molecule has 0 fully saturated rings. The summed E-state index contributed by atoms with van der Waals surface area (Å²) >= 11 is 0. The van der Waals surface area contributed by atoms with E-state index < -0.39 is 11.8 Å². The summed E-state index contributed by atoms with van der Waals surface area (Å²) in [6, 6.07) is 12.2. The van der Waals surface area contributed by atoms with Gasteiger partial charge in [0.25, 0.3) is 5.91 Å². The molecule has 0 heterocycles. The van der Waals surface area contributed by atoms with Gasteiger partial charge < -0.3 is 21.7 Å². The fourth-order valence-corrected chi connectivity index (χ4v) is 2.22. The summed E-state index contributed by atoms with van der Waals surface area (Å²) in [4.78, 5) is 22.7. The van der Waals surface area contributed by atoms with Crippen LogP contribution >= 0.6 is 0 Å². The SMILES string of the molecule is N#Cc1c(F)cccc1NCCNC(=O)c1ccc(CNC(N)=O)cc1. The van der Waals surface area contributed by atoms with Crippen LogP contribution in [0.25, 0.3) is 0 Å². The van der Waals surface area contributed by atoms with Crippen molar-refractivity contribution in [3.8, 4) is 6.07 Å². The highest BCUT2D eigenvalue weighted by Crippen LogP contribution is 2.17. The van der Waals surface area contributed by atoms with Crippen LogP contribution in [0.15, 0.2) is 42.5 Å². The maximum atomic E-state index is 13.5. The number of anilines is 1. The zero-order valence-corrected chi connectivity index (χ0v) is 13.9. The Balaban J connectivity index is 1.81. The van der Waals surface area contributed by atoms with Gasteiger partial charge in [0.2, 0.25) is 0 Å². The molecule has 0 spiro atoms. The maximum absolute atomic E-state index is 13.5. The largest absolute Gasteiger partial charge is 0.382 e. The topological polar surface area (TPSA) is 120 Å². The van der Waals surface area contributed by atoms with Crippen LogP contribution in [-0.2, 0) is 6.54 Å². The Hall–Kier alpha value is -3.60. The van der Waals surface area contributed by atoms with Crippen LogP contribution in [0.1, 0.15) is 21.5 Å². The van der Waals surface area contributed by atoms with Gasteiger partial charge in [-0.25, -0.2) is 9.18 Å². The number of amides is 3. The molecule has 0 aliphatic heterocycles. The van der Waals surface area contributed by atoms with Gasteiger partial charge in [-0.05, 0) is 29.8 Å². The third kappa shape index (κ3) is 5.21. The lowest BCUT2D eigenvalue weighted by atomic mass is 10.1. The monoisotopic (exact) mass is 355 g/mol. The number of hydrogen-bond acceptors (Lipinski definition) is 4. The first kappa shape index (κ1) is 18.7. The summed E-state index contributed by atoms with van der Waals surface area (Å²) in [5.74, 6) is -0.853. The van der Waals surface area contributed by atoms with Crippen molar-refractivity contribution in [3.05, 3.63) is 65.0 Å². The summed E-state index contributed by atoms with van der Waals surface area (Å²) in [5.41, 5.74) is 6.61. The Morgan fingerprint density at radius 2 is 1.81 bits per heavy atom. The van der Waals surface area contributed by atoms with Gasteiger partial charge in [0.1, 0.15) is 17.4 Å². The predicted molar refractivity (Wildman–Crippen MR) is 94.8 cm³/mol. The number of hydrogen-bond donors (Lipinski definition) is 4. The Morgan fingerprint density at radius 1 is 1.08 bits per heavy atom. The number of halogens is 1. The first-order valence-electron chi connectivity index (χ1n) is 7.84. The average molecular weight is 355 g/mol. The van der Waals surface area contributed by atoms with Crippen molar-refractivity contribution in [1.29, 1.82) is 5.26 Å². The minimum atomic E-state index is -0.614. The second-order valence-corrected chi connectivity index (χ2v) is 5.37. The Bertz CT molecular complexity index is 830. The van der Waals surface area contributed by atoms with E-state index in [0.717, 1.165) is 5.56 Å². The fraction of sp³-hybridized carbons (Fsp3) is 0.167. The average Bonchev–Trinajstić information content (AvgIpc) is 2.64. The molecule has 2 aromatic carbocycles. The van der Waals surface area contributed by atoms with Crippen molar-refractivity contribution in [1.82, 2.24) is 10.6 Å².